The van der Waals surface area contributed by atoms with E-state index in [-0.39, 0.29) is 11.5 Å². The Balaban J connectivity index is 1.89. The summed E-state index contributed by atoms with van der Waals surface area (Å²) >= 11 is 0. The lowest BCUT2D eigenvalue weighted by Gasteiger charge is -2.13. The molecule has 1 fully saturated rings. The first kappa shape index (κ1) is 13.9. The molecule has 0 bridgehead atoms. The van der Waals surface area contributed by atoms with Gasteiger partial charge in [-0.15, -0.1) is 0 Å². The molecule has 22 heavy (non-hydrogen) atoms. The lowest BCUT2D eigenvalue weighted by molar-refractivity contribution is -0.117. The van der Waals surface area contributed by atoms with E-state index in [1.54, 1.807) is 61.7 Å². The Morgan fingerprint density at radius 1 is 1.00 bits per heavy atom. The van der Waals surface area contributed by atoms with Gasteiger partial charge in [-0.3, -0.25) is 15.0 Å². The van der Waals surface area contributed by atoms with Crippen molar-refractivity contribution in [2.24, 2.45) is 0 Å². The number of carbonyl (C=O) groups is 2. The molecule has 0 spiro atoms. The molecule has 2 aromatic rings. The largest absolute Gasteiger partial charge is 0.497 e. The van der Waals surface area contributed by atoms with Crippen molar-refractivity contribution in [3.8, 4) is 5.75 Å². The minimum absolute atomic E-state index is 0.106. The molecule has 5 nitrogen and oxygen atoms in total. The van der Waals surface area contributed by atoms with Crippen molar-refractivity contribution in [2.45, 2.75) is 0 Å². The van der Waals surface area contributed by atoms with Gasteiger partial charge in [0.05, 0.1) is 12.8 Å². The number of rotatable bonds is 3. The van der Waals surface area contributed by atoms with Crippen molar-refractivity contribution >= 4 is 23.6 Å². The van der Waals surface area contributed by atoms with Crippen LogP contribution in [0.3, 0.4) is 0 Å². The highest BCUT2D eigenvalue weighted by Gasteiger charge is 2.34. The predicted molar refractivity (Wildman–Crippen MR) is 83.0 cm³/mol. The molecule has 0 saturated carbocycles. The Hall–Kier alpha value is -3.08. The fourth-order valence-electron chi connectivity index (χ4n) is 2.18. The van der Waals surface area contributed by atoms with Crippen molar-refractivity contribution in [3.63, 3.8) is 0 Å². The van der Waals surface area contributed by atoms with E-state index < -0.39 is 5.91 Å². The van der Waals surface area contributed by atoms with Crippen LogP contribution in [0.4, 0.5) is 5.69 Å². The molecule has 3 rings (SSSR count). The molecule has 0 atom stereocenters. The number of hydrazine groups is 1. The number of nitrogens with one attached hydrogen (secondary N) is 1. The van der Waals surface area contributed by atoms with Gasteiger partial charge in [-0.05, 0) is 35.9 Å². The highest BCUT2D eigenvalue weighted by Crippen LogP contribution is 2.21. The van der Waals surface area contributed by atoms with Crippen LogP contribution < -0.4 is 15.2 Å². The lowest BCUT2D eigenvalue weighted by Crippen LogP contribution is -2.35. The molecule has 1 N–H and O–H groups in total. The number of carbonyl (C=O) groups excluding carboxylic acids is 2. The fraction of sp³-hybridized carbons (Fsp3) is 0.0588. The van der Waals surface area contributed by atoms with E-state index in [2.05, 4.69) is 5.43 Å². The molecular weight excluding hydrogens is 280 g/mol. The van der Waals surface area contributed by atoms with Gasteiger partial charge in [-0.25, -0.2) is 5.01 Å². The van der Waals surface area contributed by atoms with Crippen molar-refractivity contribution in [3.05, 3.63) is 65.7 Å². The molecule has 1 aliphatic heterocycles. The summed E-state index contributed by atoms with van der Waals surface area (Å²) in [5.74, 6) is -0.0630. The van der Waals surface area contributed by atoms with Gasteiger partial charge in [0, 0.05) is 0 Å². The van der Waals surface area contributed by atoms with Gasteiger partial charge in [-0.2, -0.15) is 0 Å². The first-order valence-electron chi connectivity index (χ1n) is 6.75. The standard InChI is InChI=1S/C17H14N2O3/c1-22-14-9-7-12(8-10-14)11-15-16(20)18-19(17(15)21)13-5-3-2-4-6-13/h2-11H,1H3,(H,18,20)/b15-11-. The average Bonchev–Trinajstić information content (AvgIpc) is 2.84. The second-order valence-electron chi connectivity index (χ2n) is 4.75. The maximum atomic E-state index is 12.4. The minimum Gasteiger partial charge on any atom is -0.497 e. The number of amides is 2. The second-order valence-corrected chi connectivity index (χ2v) is 4.75. The van der Waals surface area contributed by atoms with Crippen LogP contribution in [0.5, 0.6) is 5.75 Å². The molecule has 5 heteroatoms. The summed E-state index contributed by atoms with van der Waals surface area (Å²) in [5, 5.41) is 1.25. The SMILES string of the molecule is COc1ccc(/C=C2/C(=O)NN(c3ccccc3)C2=O)cc1. The first-order chi connectivity index (χ1) is 10.7. The maximum Gasteiger partial charge on any atom is 0.282 e. The molecule has 1 saturated heterocycles. The van der Waals surface area contributed by atoms with Crippen LogP contribution in [0.2, 0.25) is 0 Å². The van der Waals surface area contributed by atoms with E-state index >= 15 is 0 Å². The first-order valence-corrected chi connectivity index (χ1v) is 6.75. The van der Waals surface area contributed by atoms with Gasteiger partial charge in [-0.1, -0.05) is 30.3 Å². The third-order valence-corrected chi connectivity index (χ3v) is 3.33. The average molecular weight is 294 g/mol. The Bertz CT molecular complexity index is 736. The Kier molecular flexibility index (Phi) is 3.62. The Morgan fingerprint density at radius 2 is 1.68 bits per heavy atom. The van der Waals surface area contributed by atoms with Crippen molar-refractivity contribution < 1.29 is 14.3 Å². The molecule has 1 aliphatic rings. The number of benzene rings is 2. The number of ether oxygens (including phenoxy) is 1. The number of hydrogen-bond donors (Lipinski definition) is 1. The van der Waals surface area contributed by atoms with Crippen molar-refractivity contribution in [2.75, 3.05) is 12.1 Å². The molecule has 0 radical (unpaired) electrons. The van der Waals surface area contributed by atoms with Gasteiger partial charge in [0.15, 0.2) is 0 Å². The second kappa shape index (κ2) is 5.73. The lowest BCUT2D eigenvalue weighted by atomic mass is 10.1. The summed E-state index contributed by atoms with van der Waals surface area (Å²) in [4.78, 5) is 24.4. The van der Waals surface area contributed by atoms with Gasteiger partial charge < -0.3 is 4.74 Å². The third-order valence-electron chi connectivity index (χ3n) is 3.33. The number of para-hydroxylation sites is 1. The zero-order chi connectivity index (χ0) is 15.5. The summed E-state index contributed by atoms with van der Waals surface area (Å²) < 4.78 is 5.08. The molecule has 0 unspecified atom stereocenters. The van der Waals surface area contributed by atoms with E-state index in [0.29, 0.717) is 5.69 Å². The number of methoxy groups -OCH3 is 1. The smallest absolute Gasteiger partial charge is 0.282 e. The molecule has 2 aromatic carbocycles. The van der Waals surface area contributed by atoms with Gasteiger partial charge in [0.1, 0.15) is 11.3 Å². The fourth-order valence-corrected chi connectivity index (χ4v) is 2.18. The van der Waals surface area contributed by atoms with Crippen LogP contribution in [-0.2, 0) is 9.59 Å². The Labute approximate surface area is 127 Å². The molecular formula is C17H14N2O3. The quantitative estimate of drug-likeness (QED) is 0.697. The van der Waals surface area contributed by atoms with Crippen LogP contribution in [0.1, 0.15) is 5.56 Å². The topological polar surface area (TPSA) is 58.6 Å². The van der Waals surface area contributed by atoms with Crippen molar-refractivity contribution in [1.29, 1.82) is 0 Å². The van der Waals surface area contributed by atoms with Gasteiger partial charge in [0.25, 0.3) is 11.8 Å². The van der Waals surface area contributed by atoms with Crippen LogP contribution in [0, 0.1) is 0 Å². The zero-order valence-electron chi connectivity index (χ0n) is 11.9. The maximum absolute atomic E-state index is 12.4. The molecule has 110 valence electrons. The number of anilines is 1. The molecule has 2 amide bonds. The predicted octanol–water partition coefficient (Wildman–Crippen LogP) is 2.16. The van der Waals surface area contributed by atoms with Gasteiger partial charge in [0.2, 0.25) is 0 Å². The summed E-state index contributed by atoms with van der Waals surface area (Å²) in [7, 11) is 1.58. The van der Waals surface area contributed by atoms with E-state index in [1.165, 1.54) is 5.01 Å². The third kappa shape index (κ3) is 2.56. The van der Waals surface area contributed by atoms with Crippen molar-refractivity contribution in [1.82, 2.24) is 5.43 Å². The van der Waals surface area contributed by atoms with Gasteiger partial charge >= 0.3 is 0 Å². The van der Waals surface area contributed by atoms with E-state index in [9.17, 15) is 9.59 Å². The van der Waals surface area contributed by atoms with E-state index in [1.807, 2.05) is 6.07 Å². The molecule has 0 aliphatic carbocycles. The minimum atomic E-state index is -0.412. The summed E-state index contributed by atoms with van der Waals surface area (Å²) in [6.07, 6.45) is 1.57. The normalized spacial score (nSPS) is 16.0. The Morgan fingerprint density at radius 3 is 2.32 bits per heavy atom. The highest BCUT2D eigenvalue weighted by molar-refractivity contribution is 6.31. The number of hydrogen-bond acceptors (Lipinski definition) is 3. The van der Waals surface area contributed by atoms with Crippen LogP contribution in [-0.4, -0.2) is 18.9 Å². The van der Waals surface area contributed by atoms with Crippen LogP contribution in [0.25, 0.3) is 6.08 Å². The van der Waals surface area contributed by atoms with E-state index in [0.717, 1.165) is 11.3 Å². The highest BCUT2D eigenvalue weighted by atomic mass is 16.5. The zero-order valence-corrected chi connectivity index (χ0v) is 11.9. The summed E-state index contributed by atoms with van der Waals surface area (Å²) in [6.45, 7) is 0. The molecule has 0 aromatic heterocycles. The number of nitrogens with zero attached hydrogens (tertiary/aromatic N) is 1. The summed E-state index contributed by atoms with van der Waals surface area (Å²) in [6, 6.07) is 16.1. The van der Waals surface area contributed by atoms with Crippen LogP contribution >= 0.6 is 0 Å². The summed E-state index contributed by atoms with van der Waals surface area (Å²) in [5.41, 5.74) is 4.05. The monoisotopic (exact) mass is 294 g/mol. The van der Waals surface area contributed by atoms with Crippen LogP contribution in [0.15, 0.2) is 60.2 Å². The molecule has 1 heterocycles. The van der Waals surface area contributed by atoms with E-state index in [4.69, 9.17) is 4.74 Å².